The fourth-order valence-corrected chi connectivity index (χ4v) is 3.29. The minimum atomic E-state index is -0.0975. The Morgan fingerprint density at radius 1 is 0.808 bits per heavy atom. The third-order valence-electron chi connectivity index (χ3n) is 4.24. The lowest BCUT2D eigenvalue weighted by atomic mass is 9.99. The van der Waals surface area contributed by atoms with Gasteiger partial charge in [0.2, 0.25) is 0 Å². The summed E-state index contributed by atoms with van der Waals surface area (Å²) in [6, 6.07) is 23.3. The first-order valence-corrected chi connectivity index (χ1v) is 9.23. The van der Waals surface area contributed by atoms with Crippen molar-refractivity contribution < 1.29 is 4.79 Å². The summed E-state index contributed by atoms with van der Waals surface area (Å²) < 4.78 is 0. The number of halogens is 2. The summed E-state index contributed by atoms with van der Waals surface area (Å²) in [6.07, 6.45) is 1.71. The van der Waals surface area contributed by atoms with Gasteiger partial charge in [-0.25, -0.2) is 0 Å². The van der Waals surface area contributed by atoms with Crippen molar-refractivity contribution in [3.05, 3.63) is 105 Å². The second kappa shape index (κ2) is 8.88. The quantitative estimate of drug-likeness (QED) is 0.580. The van der Waals surface area contributed by atoms with E-state index in [9.17, 15) is 4.79 Å². The van der Waals surface area contributed by atoms with E-state index in [4.69, 9.17) is 23.2 Å². The summed E-state index contributed by atoms with van der Waals surface area (Å²) in [5.41, 5.74) is 3.84. The molecule has 132 valence electrons. The van der Waals surface area contributed by atoms with Crippen molar-refractivity contribution in [2.75, 3.05) is 0 Å². The highest BCUT2D eigenvalue weighted by atomic mass is 35.5. The van der Waals surface area contributed by atoms with Crippen LogP contribution in [0.5, 0.6) is 0 Å². The molecule has 3 aromatic carbocycles. The predicted octanol–water partition coefficient (Wildman–Crippen LogP) is 5.71. The number of carbonyl (C=O) groups is 1. The summed E-state index contributed by atoms with van der Waals surface area (Å²) in [5, 5.41) is 4.08. The smallest absolute Gasteiger partial charge is 0.251 e. The average Bonchev–Trinajstić information content (AvgIpc) is 2.66. The van der Waals surface area contributed by atoms with Gasteiger partial charge in [-0.15, -0.1) is 0 Å². The first kappa shape index (κ1) is 18.5. The van der Waals surface area contributed by atoms with Gasteiger partial charge in [-0.2, -0.15) is 0 Å². The SMILES string of the molecule is O=C(NCc1ccc(Cl)cc1Cl)c1ccccc1CCc1ccccc1. The molecule has 0 aliphatic carbocycles. The Bertz CT molecular complexity index is 894. The molecular weight excluding hydrogens is 365 g/mol. The summed E-state index contributed by atoms with van der Waals surface area (Å²) in [7, 11) is 0. The van der Waals surface area contributed by atoms with Crippen molar-refractivity contribution in [3.63, 3.8) is 0 Å². The van der Waals surface area contributed by atoms with E-state index >= 15 is 0 Å². The van der Waals surface area contributed by atoms with Gasteiger partial charge in [-0.3, -0.25) is 4.79 Å². The average molecular weight is 384 g/mol. The van der Waals surface area contributed by atoms with E-state index in [0.717, 1.165) is 24.0 Å². The van der Waals surface area contributed by atoms with Gasteiger partial charge in [-0.1, -0.05) is 77.8 Å². The van der Waals surface area contributed by atoms with Crippen molar-refractivity contribution in [1.82, 2.24) is 5.32 Å². The first-order chi connectivity index (χ1) is 12.6. The maximum atomic E-state index is 12.6. The van der Waals surface area contributed by atoms with E-state index < -0.39 is 0 Å². The first-order valence-electron chi connectivity index (χ1n) is 8.47. The van der Waals surface area contributed by atoms with Crippen LogP contribution in [0.25, 0.3) is 0 Å². The fourth-order valence-electron chi connectivity index (χ4n) is 2.82. The molecule has 26 heavy (non-hydrogen) atoms. The molecule has 0 aliphatic rings. The third-order valence-corrected chi connectivity index (χ3v) is 4.83. The van der Waals surface area contributed by atoms with Crippen LogP contribution in [0.1, 0.15) is 27.0 Å². The summed E-state index contributed by atoms with van der Waals surface area (Å²) >= 11 is 12.1. The fraction of sp³-hybridized carbons (Fsp3) is 0.136. The Morgan fingerprint density at radius 3 is 2.31 bits per heavy atom. The number of hydrogen-bond acceptors (Lipinski definition) is 1. The van der Waals surface area contributed by atoms with Gasteiger partial charge in [0.1, 0.15) is 0 Å². The molecule has 1 N–H and O–H groups in total. The van der Waals surface area contributed by atoms with Crippen LogP contribution in [0.3, 0.4) is 0 Å². The van der Waals surface area contributed by atoms with Crippen LogP contribution in [0.2, 0.25) is 10.0 Å². The monoisotopic (exact) mass is 383 g/mol. The molecule has 0 aliphatic heterocycles. The molecule has 3 rings (SSSR count). The zero-order chi connectivity index (χ0) is 18.4. The van der Waals surface area contributed by atoms with Crippen LogP contribution < -0.4 is 5.32 Å². The summed E-state index contributed by atoms with van der Waals surface area (Å²) in [5.74, 6) is -0.0975. The van der Waals surface area contributed by atoms with Gasteiger partial charge in [-0.05, 0) is 47.7 Å². The summed E-state index contributed by atoms with van der Waals surface area (Å²) in [6.45, 7) is 0.363. The number of nitrogens with one attached hydrogen (secondary N) is 1. The highest BCUT2D eigenvalue weighted by molar-refractivity contribution is 6.35. The molecule has 0 atom stereocenters. The largest absolute Gasteiger partial charge is 0.348 e. The second-order valence-corrected chi connectivity index (χ2v) is 6.90. The minimum Gasteiger partial charge on any atom is -0.348 e. The van der Waals surface area contributed by atoms with Crippen LogP contribution in [-0.4, -0.2) is 5.91 Å². The number of benzene rings is 3. The number of carbonyl (C=O) groups excluding carboxylic acids is 1. The molecule has 0 radical (unpaired) electrons. The van der Waals surface area contributed by atoms with Crippen LogP contribution in [0.15, 0.2) is 72.8 Å². The van der Waals surface area contributed by atoms with Gasteiger partial charge in [0.25, 0.3) is 5.91 Å². The Balaban J connectivity index is 1.67. The number of amides is 1. The van der Waals surface area contributed by atoms with Gasteiger partial charge in [0.05, 0.1) is 0 Å². The van der Waals surface area contributed by atoms with Crippen molar-refractivity contribution in [1.29, 1.82) is 0 Å². The van der Waals surface area contributed by atoms with Crippen LogP contribution >= 0.6 is 23.2 Å². The number of aryl methyl sites for hydroxylation is 2. The zero-order valence-corrected chi connectivity index (χ0v) is 15.7. The molecule has 0 saturated heterocycles. The number of hydrogen-bond donors (Lipinski definition) is 1. The second-order valence-electron chi connectivity index (χ2n) is 6.06. The number of rotatable bonds is 6. The Kier molecular flexibility index (Phi) is 6.32. The van der Waals surface area contributed by atoms with Crippen molar-refractivity contribution in [2.45, 2.75) is 19.4 Å². The van der Waals surface area contributed by atoms with E-state index in [1.807, 2.05) is 48.5 Å². The molecule has 0 heterocycles. The van der Waals surface area contributed by atoms with E-state index in [1.54, 1.807) is 12.1 Å². The van der Waals surface area contributed by atoms with Crippen molar-refractivity contribution >= 4 is 29.1 Å². The maximum Gasteiger partial charge on any atom is 0.251 e. The molecule has 0 aromatic heterocycles. The lowest BCUT2D eigenvalue weighted by molar-refractivity contribution is 0.0950. The van der Waals surface area contributed by atoms with Gasteiger partial charge in [0, 0.05) is 22.2 Å². The minimum absolute atomic E-state index is 0.0975. The maximum absolute atomic E-state index is 12.6. The van der Waals surface area contributed by atoms with Crippen LogP contribution in [-0.2, 0) is 19.4 Å². The standard InChI is InChI=1S/C22H19Cl2NO/c23-19-13-12-18(21(24)14-19)15-25-22(26)20-9-5-4-8-17(20)11-10-16-6-2-1-3-7-16/h1-9,12-14H,10-11,15H2,(H,25,26). The third kappa shape index (κ3) is 4.87. The normalized spacial score (nSPS) is 10.5. The lowest BCUT2D eigenvalue weighted by Gasteiger charge is -2.11. The molecule has 0 unspecified atom stereocenters. The molecule has 0 saturated carbocycles. The highest BCUT2D eigenvalue weighted by Gasteiger charge is 2.11. The molecule has 0 spiro atoms. The lowest BCUT2D eigenvalue weighted by Crippen LogP contribution is -2.24. The zero-order valence-electron chi connectivity index (χ0n) is 14.2. The Labute approximate surface area is 163 Å². The van der Waals surface area contributed by atoms with Gasteiger partial charge >= 0.3 is 0 Å². The van der Waals surface area contributed by atoms with Crippen LogP contribution in [0.4, 0.5) is 0 Å². The summed E-state index contributed by atoms with van der Waals surface area (Å²) in [4.78, 5) is 12.6. The molecule has 0 fully saturated rings. The van der Waals surface area contributed by atoms with E-state index in [0.29, 0.717) is 22.2 Å². The van der Waals surface area contributed by atoms with Crippen molar-refractivity contribution in [2.24, 2.45) is 0 Å². The predicted molar refractivity (Wildman–Crippen MR) is 108 cm³/mol. The molecule has 2 nitrogen and oxygen atoms in total. The molecule has 1 amide bonds. The molecular formula is C22H19Cl2NO. The Hall–Kier alpha value is -2.29. The molecule has 3 aromatic rings. The molecule has 0 bridgehead atoms. The van der Waals surface area contributed by atoms with Gasteiger partial charge in [0.15, 0.2) is 0 Å². The highest BCUT2D eigenvalue weighted by Crippen LogP contribution is 2.21. The Morgan fingerprint density at radius 2 is 1.54 bits per heavy atom. The van der Waals surface area contributed by atoms with Gasteiger partial charge < -0.3 is 5.32 Å². The topological polar surface area (TPSA) is 29.1 Å². The van der Waals surface area contributed by atoms with E-state index in [-0.39, 0.29) is 5.91 Å². The van der Waals surface area contributed by atoms with E-state index in [1.165, 1.54) is 5.56 Å². The van der Waals surface area contributed by atoms with Crippen LogP contribution in [0, 0.1) is 0 Å². The van der Waals surface area contributed by atoms with E-state index in [2.05, 4.69) is 17.4 Å². The molecule has 4 heteroatoms. The van der Waals surface area contributed by atoms with Crippen molar-refractivity contribution in [3.8, 4) is 0 Å².